The summed E-state index contributed by atoms with van der Waals surface area (Å²) < 4.78 is 0. The molecule has 2 rings (SSSR count). The van der Waals surface area contributed by atoms with E-state index in [4.69, 9.17) is 0 Å². The molecule has 1 saturated heterocycles. The summed E-state index contributed by atoms with van der Waals surface area (Å²) >= 11 is 0. The molecular formula is C15H22N2O2. The number of hydrogen-bond donors (Lipinski definition) is 2. The van der Waals surface area contributed by atoms with Crippen LogP contribution in [-0.4, -0.2) is 30.6 Å². The van der Waals surface area contributed by atoms with Crippen LogP contribution in [0.1, 0.15) is 32.1 Å². The highest BCUT2D eigenvalue weighted by atomic mass is 16.3. The largest absolute Gasteiger partial charge is 0.508 e. The van der Waals surface area contributed by atoms with Gasteiger partial charge in [-0.2, -0.15) is 0 Å². The Morgan fingerprint density at radius 3 is 3.00 bits per heavy atom. The maximum atomic E-state index is 12.1. The zero-order valence-electron chi connectivity index (χ0n) is 11.4. The van der Waals surface area contributed by atoms with E-state index in [1.54, 1.807) is 30.1 Å². The van der Waals surface area contributed by atoms with E-state index in [-0.39, 0.29) is 11.7 Å². The minimum Gasteiger partial charge on any atom is -0.508 e. The zero-order valence-corrected chi connectivity index (χ0v) is 11.4. The number of carbonyl (C=O) groups excluding carboxylic acids is 1. The molecule has 1 aromatic carbocycles. The van der Waals surface area contributed by atoms with Crippen LogP contribution >= 0.6 is 0 Å². The Hall–Kier alpha value is -1.55. The number of nitrogens with zero attached hydrogens (tertiary/aromatic N) is 1. The molecular weight excluding hydrogens is 240 g/mol. The Bertz CT molecular complexity index is 428. The molecule has 0 aliphatic carbocycles. The van der Waals surface area contributed by atoms with Gasteiger partial charge in [-0.1, -0.05) is 12.5 Å². The first-order valence-corrected chi connectivity index (χ1v) is 6.96. The molecule has 0 radical (unpaired) electrons. The van der Waals surface area contributed by atoms with Crippen molar-refractivity contribution in [3.63, 3.8) is 0 Å². The minimum absolute atomic E-state index is 0.0953. The van der Waals surface area contributed by atoms with Crippen molar-refractivity contribution in [3.8, 4) is 5.75 Å². The second-order valence-electron chi connectivity index (χ2n) is 5.16. The number of hydrogen-bond acceptors (Lipinski definition) is 3. The van der Waals surface area contributed by atoms with Crippen molar-refractivity contribution >= 4 is 11.6 Å². The first kappa shape index (κ1) is 13.9. The van der Waals surface area contributed by atoms with E-state index in [0.717, 1.165) is 18.7 Å². The SMILES string of the molecule is CN(C(=O)CCC1CCCCN1)c1cccc(O)c1. The molecule has 1 atom stereocenters. The lowest BCUT2D eigenvalue weighted by atomic mass is 10.0. The van der Waals surface area contributed by atoms with Gasteiger partial charge in [0.25, 0.3) is 0 Å². The van der Waals surface area contributed by atoms with Gasteiger partial charge in [0.15, 0.2) is 0 Å². The quantitative estimate of drug-likeness (QED) is 0.875. The van der Waals surface area contributed by atoms with E-state index in [2.05, 4.69) is 5.32 Å². The van der Waals surface area contributed by atoms with Crippen molar-refractivity contribution in [2.45, 2.75) is 38.1 Å². The van der Waals surface area contributed by atoms with Gasteiger partial charge in [-0.3, -0.25) is 4.79 Å². The van der Waals surface area contributed by atoms with Crippen molar-refractivity contribution < 1.29 is 9.90 Å². The Balaban J connectivity index is 1.85. The molecule has 1 aliphatic rings. The number of rotatable bonds is 4. The molecule has 19 heavy (non-hydrogen) atoms. The van der Waals surface area contributed by atoms with Gasteiger partial charge in [-0.25, -0.2) is 0 Å². The van der Waals surface area contributed by atoms with Crippen LogP contribution in [0.25, 0.3) is 0 Å². The zero-order chi connectivity index (χ0) is 13.7. The molecule has 1 aliphatic heterocycles. The van der Waals surface area contributed by atoms with E-state index in [1.807, 2.05) is 6.07 Å². The number of benzene rings is 1. The molecule has 1 fully saturated rings. The van der Waals surface area contributed by atoms with Crippen LogP contribution in [0.5, 0.6) is 5.75 Å². The molecule has 4 nitrogen and oxygen atoms in total. The predicted molar refractivity (Wildman–Crippen MR) is 76.4 cm³/mol. The van der Waals surface area contributed by atoms with Crippen molar-refractivity contribution in [3.05, 3.63) is 24.3 Å². The lowest BCUT2D eigenvalue weighted by molar-refractivity contribution is -0.118. The molecule has 0 bridgehead atoms. The fraction of sp³-hybridized carbons (Fsp3) is 0.533. The van der Waals surface area contributed by atoms with E-state index in [0.29, 0.717) is 12.5 Å². The van der Waals surface area contributed by atoms with E-state index < -0.39 is 0 Å². The number of carbonyl (C=O) groups is 1. The standard InChI is InChI=1S/C15H22N2O2/c1-17(13-6-4-7-14(18)11-13)15(19)9-8-12-5-2-3-10-16-12/h4,6-7,11-12,16,18H,2-3,5,8-10H2,1H3. The maximum absolute atomic E-state index is 12.1. The molecule has 4 heteroatoms. The molecule has 0 spiro atoms. The third-order valence-electron chi connectivity index (χ3n) is 3.71. The van der Waals surface area contributed by atoms with Crippen molar-refractivity contribution in [2.24, 2.45) is 0 Å². The second kappa shape index (κ2) is 6.57. The first-order chi connectivity index (χ1) is 9.16. The summed E-state index contributed by atoms with van der Waals surface area (Å²) in [5.74, 6) is 0.282. The normalized spacial score (nSPS) is 19.1. The van der Waals surface area contributed by atoms with E-state index in [1.165, 1.54) is 19.3 Å². The highest BCUT2D eigenvalue weighted by Crippen LogP contribution is 2.20. The Kier molecular flexibility index (Phi) is 4.80. The van der Waals surface area contributed by atoms with Gasteiger partial charge in [0.05, 0.1) is 0 Å². The summed E-state index contributed by atoms with van der Waals surface area (Å²) in [5, 5.41) is 12.9. The van der Waals surface area contributed by atoms with Gasteiger partial charge < -0.3 is 15.3 Å². The molecule has 1 amide bonds. The highest BCUT2D eigenvalue weighted by molar-refractivity contribution is 5.92. The molecule has 0 saturated carbocycles. The van der Waals surface area contributed by atoms with Crippen molar-refractivity contribution in [1.29, 1.82) is 0 Å². The van der Waals surface area contributed by atoms with Crippen LogP contribution in [0.15, 0.2) is 24.3 Å². The first-order valence-electron chi connectivity index (χ1n) is 6.96. The summed E-state index contributed by atoms with van der Waals surface area (Å²) in [7, 11) is 1.76. The van der Waals surface area contributed by atoms with Crippen LogP contribution in [0.2, 0.25) is 0 Å². The fourth-order valence-corrected chi connectivity index (χ4v) is 2.48. The summed E-state index contributed by atoms with van der Waals surface area (Å²) in [5.41, 5.74) is 0.738. The molecule has 0 aromatic heterocycles. The van der Waals surface area contributed by atoms with Crippen LogP contribution < -0.4 is 10.2 Å². The second-order valence-corrected chi connectivity index (χ2v) is 5.16. The number of phenolic OH excluding ortho intramolecular Hbond substituents is 1. The number of piperidine rings is 1. The molecule has 1 aromatic rings. The van der Waals surface area contributed by atoms with Crippen LogP contribution in [-0.2, 0) is 4.79 Å². The number of amides is 1. The lowest BCUT2D eigenvalue weighted by Gasteiger charge is -2.24. The third kappa shape index (κ3) is 3.96. The molecule has 104 valence electrons. The smallest absolute Gasteiger partial charge is 0.226 e. The average Bonchev–Trinajstić information content (AvgIpc) is 2.45. The van der Waals surface area contributed by atoms with Gasteiger partial charge in [0.1, 0.15) is 5.75 Å². The monoisotopic (exact) mass is 262 g/mol. The van der Waals surface area contributed by atoms with Crippen LogP contribution in [0, 0.1) is 0 Å². The molecule has 2 N–H and O–H groups in total. The summed E-state index contributed by atoms with van der Waals surface area (Å²) in [6.07, 6.45) is 5.11. The third-order valence-corrected chi connectivity index (χ3v) is 3.71. The number of anilines is 1. The molecule has 1 heterocycles. The average molecular weight is 262 g/mol. The number of nitrogens with one attached hydrogen (secondary N) is 1. The maximum Gasteiger partial charge on any atom is 0.226 e. The summed E-state index contributed by atoms with van der Waals surface area (Å²) in [4.78, 5) is 13.7. The van der Waals surface area contributed by atoms with Crippen molar-refractivity contribution in [2.75, 3.05) is 18.5 Å². The number of phenols is 1. The summed E-state index contributed by atoms with van der Waals surface area (Å²) in [6.45, 7) is 1.07. The predicted octanol–water partition coefficient (Wildman–Crippen LogP) is 2.28. The van der Waals surface area contributed by atoms with Gasteiger partial charge in [-0.15, -0.1) is 0 Å². The van der Waals surface area contributed by atoms with Crippen LogP contribution in [0.4, 0.5) is 5.69 Å². The number of aromatic hydroxyl groups is 1. The highest BCUT2D eigenvalue weighted by Gasteiger charge is 2.16. The Morgan fingerprint density at radius 2 is 2.32 bits per heavy atom. The van der Waals surface area contributed by atoms with E-state index in [9.17, 15) is 9.90 Å². The van der Waals surface area contributed by atoms with Gasteiger partial charge in [0.2, 0.25) is 5.91 Å². The van der Waals surface area contributed by atoms with Crippen molar-refractivity contribution in [1.82, 2.24) is 5.32 Å². The summed E-state index contributed by atoms with van der Waals surface area (Å²) in [6, 6.07) is 7.27. The van der Waals surface area contributed by atoms with Gasteiger partial charge in [0, 0.05) is 31.3 Å². The topological polar surface area (TPSA) is 52.6 Å². The van der Waals surface area contributed by atoms with E-state index >= 15 is 0 Å². The van der Waals surface area contributed by atoms with Gasteiger partial charge >= 0.3 is 0 Å². The fourth-order valence-electron chi connectivity index (χ4n) is 2.48. The van der Waals surface area contributed by atoms with Gasteiger partial charge in [-0.05, 0) is 37.9 Å². The molecule has 1 unspecified atom stereocenters. The Morgan fingerprint density at radius 1 is 1.47 bits per heavy atom. The van der Waals surface area contributed by atoms with Crippen LogP contribution in [0.3, 0.4) is 0 Å². The minimum atomic E-state index is 0.0953. The lowest BCUT2D eigenvalue weighted by Crippen LogP contribution is -2.35. The Labute approximate surface area is 114 Å².